The summed E-state index contributed by atoms with van der Waals surface area (Å²) in [6.45, 7) is 2.99. The average molecular weight is 547 g/mol. The molecule has 3 heterocycles. The fourth-order valence-electron chi connectivity index (χ4n) is 4.07. The van der Waals surface area contributed by atoms with Crippen LogP contribution in [-0.2, 0) is 37.7 Å². The molecular weight excluding hydrogens is 519 g/mol. The van der Waals surface area contributed by atoms with Crippen molar-refractivity contribution in [1.82, 2.24) is 19.1 Å². The molecule has 0 radical (unpaired) electrons. The Morgan fingerprint density at radius 2 is 1.94 bits per heavy atom. The van der Waals surface area contributed by atoms with Gasteiger partial charge in [0.25, 0.3) is 12.0 Å². The third-order valence-electron chi connectivity index (χ3n) is 6.20. The maximum atomic E-state index is 14.3. The summed E-state index contributed by atoms with van der Waals surface area (Å²) in [5.41, 5.74) is -1.12. The summed E-state index contributed by atoms with van der Waals surface area (Å²) in [4.78, 5) is 21.6. The minimum Gasteiger partial charge on any atom is -0.321 e. The van der Waals surface area contributed by atoms with Crippen molar-refractivity contribution in [2.24, 2.45) is 11.4 Å². The fourth-order valence-corrected chi connectivity index (χ4v) is 6.81. The Balaban J connectivity index is 1.97. The number of nitrogens with zero attached hydrogens (tertiary/aromatic N) is 5. The Morgan fingerprint density at radius 3 is 2.50 bits per heavy atom. The third-order valence-corrected chi connectivity index (χ3v) is 10.3. The summed E-state index contributed by atoms with van der Waals surface area (Å²) in [5.74, 6) is -0.144. The molecule has 1 aliphatic rings. The van der Waals surface area contributed by atoms with Crippen LogP contribution in [-0.4, -0.2) is 51.5 Å². The number of rotatable bonds is 8. The molecule has 3 aromatic rings. The summed E-state index contributed by atoms with van der Waals surface area (Å²) in [5, 5.41) is -0.0346. The van der Waals surface area contributed by atoms with Crippen LogP contribution < -0.4 is 5.56 Å². The van der Waals surface area contributed by atoms with Gasteiger partial charge in [-0.3, -0.25) is 4.79 Å². The van der Waals surface area contributed by atoms with E-state index in [1.807, 2.05) is 0 Å². The summed E-state index contributed by atoms with van der Waals surface area (Å²) in [7, 11) is -4.70. The molecule has 14 heteroatoms. The molecule has 1 fully saturated rings. The predicted molar refractivity (Wildman–Crippen MR) is 132 cm³/mol. The number of hydrogen-bond acceptors (Lipinski definition) is 6. The summed E-state index contributed by atoms with van der Waals surface area (Å²) >= 11 is 0. The first-order valence-electron chi connectivity index (χ1n) is 11.3. The van der Waals surface area contributed by atoms with Gasteiger partial charge in [-0.15, -0.1) is 0 Å². The van der Waals surface area contributed by atoms with E-state index in [1.165, 1.54) is 44.0 Å². The van der Waals surface area contributed by atoms with Gasteiger partial charge in [0.15, 0.2) is 11.5 Å². The van der Waals surface area contributed by atoms with Crippen LogP contribution >= 0.6 is 0 Å². The van der Waals surface area contributed by atoms with Crippen molar-refractivity contribution in [1.29, 1.82) is 0 Å². The normalized spacial score (nSPS) is 18.2. The molecule has 0 bridgehead atoms. The number of halogens is 3. The third kappa shape index (κ3) is 4.61. The SMILES string of the molecule is CCn1c(C(F)C(F)F)cc2nc(-c3ncc(N=S(C)(=O)C4CC4)cc3[S+](=O)(O)CC)n(C)c2c1=O. The van der Waals surface area contributed by atoms with Crippen LogP contribution in [0.1, 0.15) is 38.6 Å². The second kappa shape index (κ2) is 9.38. The van der Waals surface area contributed by atoms with Crippen LogP contribution in [0.3, 0.4) is 0 Å². The molecule has 0 amide bonds. The van der Waals surface area contributed by atoms with Gasteiger partial charge in [0.05, 0.1) is 32.8 Å². The first kappa shape index (κ1) is 26.5. The summed E-state index contributed by atoms with van der Waals surface area (Å²) in [6, 6.07) is 2.42. The highest BCUT2D eigenvalue weighted by Gasteiger charge is 2.36. The minimum atomic E-state index is -3.63. The Hall–Kier alpha value is -2.58. The number of fused-ring (bicyclic) bond motifs is 1. The van der Waals surface area contributed by atoms with Crippen LogP contribution in [0.5, 0.6) is 0 Å². The lowest BCUT2D eigenvalue weighted by Gasteiger charge is -2.14. The number of aromatic nitrogens is 4. The highest BCUT2D eigenvalue weighted by Crippen LogP contribution is 2.36. The maximum absolute atomic E-state index is 14.3. The van der Waals surface area contributed by atoms with Gasteiger partial charge in [0, 0.05) is 31.2 Å². The van der Waals surface area contributed by atoms with E-state index in [0.29, 0.717) is 0 Å². The second-order valence-corrected chi connectivity index (χ2v) is 13.6. The molecule has 1 saturated carbocycles. The Kier molecular flexibility index (Phi) is 6.90. The van der Waals surface area contributed by atoms with Crippen LogP contribution in [0.25, 0.3) is 22.6 Å². The predicted octanol–water partition coefficient (Wildman–Crippen LogP) is 4.34. The van der Waals surface area contributed by atoms with Crippen molar-refractivity contribution >= 4 is 36.7 Å². The number of pyridine rings is 2. The first-order chi connectivity index (χ1) is 16.8. The van der Waals surface area contributed by atoms with Gasteiger partial charge in [-0.05, 0) is 32.8 Å². The van der Waals surface area contributed by atoms with Gasteiger partial charge in [-0.25, -0.2) is 27.3 Å². The van der Waals surface area contributed by atoms with Crippen LogP contribution in [0.2, 0.25) is 0 Å². The number of hydrogen-bond donors (Lipinski definition) is 1. The quantitative estimate of drug-likeness (QED) is 0.420. The largest absolute Gasteiger partial charge is 0.321 e. The molecule has 3 unspecified atom stereocenters. The number of alkyl halides is 3. The second-order valence-electron chi connectivity index (χ2n) is 8.70. The molecule has 0 saturated heterocycles. The minimum absolute atomic E-state index is 0.00447. The fraction of sp³-hybridized carbons (Fsp3) is 0.500. The highest BCUT2D eigenvalue weighted by atomic mass is 32.3. The smallest absolute Gasteiger partial charge is 0.277 e. The zero-order valence-corrected chi connectivity index (χ0v) is 21.8. The lowest BCUT2D eigenvalue weighted by molar-refractivity contribution is 0.0449. The van der Waals surface area contributed by atoms with Gasteiger partial charge in [-0.1, -0.05) is 4.21 Å². The van der Waals surface area contributed by atoms with E-state index < -0.39 is 43.8 Å². The van der Waals surface area contributed by atoms with Crippen molar-refractivity contribution in [3.8, 4) is 11.5 Å². The van der Waals surface area contributed by atoms with E-state index in [-0.39, 0.29) is 50.7 Å². The Bertz CT molecular complexity index is 1570. The monoisotopic (exact) mass is 546 g/mol. The van der Waals surface area contributed by atoms with Gasteiger partial charge in [0.2, 0.25) is 21.3 Å². The molecule has 0 aliphatic heterocycles. The van der Waals surface area contributed by atoms with E-state index in [0.717, 1.165) is 23.5 Å². The molecule has 3 aromatic heterocycles. The van der Waals surface area contributed by atoms with Crippen LogP contribution in [0, 0.1) is 0 Å². The van der Waals surface area contributed by atoms with Crippen molar-refractivity contribution < 1.29 is 26.1 Å². The Labute approximate surface area is 207 Å². The van der Waals surface area contributed by atoms with E-state index >= 15 is 0 Å². The molecule has 36 heavy (non-hydrogen) atoms. The van der Waals surface area contributed by atoms with Gasteiger partial charge >= 0.3 is 0 Å². The lowest BCUT2D eigenvalue weighted by atomic mass is 10.2. The maximum Gasteiger partial charge on any atom is 0.277 e. The summed E-state index contributed by atoms with van der Waals surface area (Å²) < 4.78 is 83.7. The molecule has 1 N–H and O–H groups in total. The van der Waals surface area contributed by atoms with Crippen LogP contribution in [0.4, 0.5) is 18.9 Å². The molecular formula is C22H27F3N5O4S2+. The lowest BCUT2D eigenvalue weighted by Crippen LogP contribution is -2.26. The molecule has 0 aromatic carbocycles. The summed E-state index contributed by atoms with van der Waals surface area (Å²) in [6.07, 6.45) is -1.59. The molecule has 3 atom stereocenters. The zero-order valence-electron chi connectivity index (χ0n) is 20.2. The van der Waals surface area contributed by atoms with Crippen molar-refractivity contribution in [3.05, 3.63) is 34.4 Å². The van der Waals surface area contributed by atoms with Gasteiger partial charge in [-0.2, -0.15) is 8.92 Å². The highest BCUT2D eigenvalue weighted by molar-refractivity contribution is 7.97. The van der Waals surface area contributed by atoms with Crippen molar-refractivity contribution in [2.75, 3.05) is 12.0 Å². The van der Waals surface area contributed by atoms with Gasteiger partial charge < -0.3 is 9.13 Å². The van der Waals surface area contributed by atoms with Crippen molar-refractivity contribution in [2.45, 2.75) is 56.0 Å². The molecule has 9 nitrogen and oxygen atoms in total. The standard InChI is InChI=1S/C22H26F3N5O4S2/c1-5-30-15(17(23)20(24)25)10-14-19(22(30)31)29(3)21(27-14)18-16(36(33,34)6-2)9-12(11-26-18)28-35(4,32)13-7-8-13/h9-11,13,17,20H,5-8H2,1-4H3/p+1. The number of imidazole rings is 1. The number of aryl methyl sites for hydroxylation is 1. The topological polar surface area (TPSA) is 119 Å². The Morgan fingerprint density at radius 1 is 1.28 bits per heavy atom. The van der Waals surface area contributed by atoms with E-state index in [1.54, 1.807) is 0 Å². The van der Waals surface area contributed by atoms with Crippen LogP contribution in [0.15, 0.2) is 32.4 Å². The molecule has 0 spiro atoms. The van der Waals surface area contributed by atoms with E-state index in [9.17, 15) is 30.9 Å². The van der Waals surface area contributed by atoms with Crippen molar-refractivity contribution in [3.63, 3.8) is 0 Å². The van der Waals surface area contributed by atoms with E-state index in [2.05, 4.69) is 14.3 Å². The molecule has 196 valence electrons. The first-order valence-corrected chi connectivity index (χ1v) is 15.0. The average Bonchev–Trinajstić information content (AvgIpc) is 3.63. The molecule has 1 aliphatic carbocycles. The van der Waals surface area contributed by atoms with E-state index in [4.69, 9.17) is 0 Å². The van der Waals surface area contributed by atoms with Gasteiger partial charge in [0.1, 0.15) is 11.3 Å². The molecule has 4 rings (SSSR count). The zero-order chi connectivity index (χ0) is 26.6.